The summed E-state index contributed by atoms with van der Waals surface area (Å²) < 4.78 is 28.6. The summed E-state index contributed by atoms with van der Waals surface area (Å²) >= 11 is 3.34. The van der Waals surface area contributed by atoms with Gasteiger partial charge in [-0.3, -0.25) is 0 Å². The summed E-state index contributed by atoms with van der Waals surface area (Å²) in [5, 5.41) is 0. The number of rotatable bonds is 4. The summed E-state index contributed by atoms with van der Waals surface area (Å²) in [5.74, 6) is 1.04. The molecule has 6 heteroatoms. The highest BCUT2D eigenvalue weighted by atomic mass is 79.9. The van der Waals surface area contributed by atoms with Crippen molar-refractivity contribution in [1.29, 1.82) is 0 Å². The molecule has 0 bridgehead atoms. The SMILES string of the molecule is CC1CCC(NS(=O)(=O)c2ccc(CN)cc2Br)C(C)C1. The van der Waals surface area contributed by atoms with Crippen molar-refractivity contribution in [2.45, 2.75) is 50.6 Å². The van der Waals surface area contributed by atoms with E-state index in [4.69, 9.17) is 5.73 Å². The fourth-order valence-corrected chi connectivity index (χ4v) is 5.50. The molecule has 2 rings (SSSR count). The van der Waals surface area contributed by atoms with Gasteiger partial charge < -0.3 is 5.73 Å². The Kier molecular flexibility index (Phi) is 5.46. The second kappa shape index (κ2) is 6.77. The monoisotopic (exact) mass is 374 g/mol. The molecule has 3 atom stereocenters. The first-order chi connectivity index (χ1) is 9.83. The number of hydrogen-bond donors (Lipinski definition) is 2. The third-order valence-corrected chi connectivity index (χ3v) is 6.73. The summed E-state index contributed by atoms with van der Waals surface area (Å²) in [6.07, 6.45) is 3.05. The van der Waals surface area contributed by atoms with E-state index < -0.39 is 10.0 Å². The number of sulfonamides is 1. The Morgan fingerprint density at radius 3 is 2.62 bits per heavy atom. The lowest BCUT2D eigenvalue weighted by molar-refractivity contribution is 0.249. The van der Waals surface area contributed by atoms with Crippen LogP contribution in [0.5, 0.6) is 0 Å². The normalized spacial score (nSPS) is 26.8. The highest BCUT2D eigenvalue weighted by molar-refractivity contribution is 9.10. The second-order valence-electron chi connectivity index (χ2n) is 6.09. The minimum Gasteiger partial charge on any atom is -0.326 e. The Morgan fingerprint density at radius 1 is 1.33 bits per heavy atom. The van der Waals surface area contributed by atoms with Gasteiger partial charge in [-0.05, 0) is 64.7 Å². The van der Waals surface area contributed by atoms with Crippen molar-refractivity contribution in [3.63, 3.8) is 0 Å². The van der Waals surface area contributed by atoms with Crippen LogP contribution in [0.3, 0.4) is 0 Å². The summed E-state index contributed by atoms with van der Waals surface area (Å²) in [4.78, 5) is 0.283. The molecule has 0 aromatic heterocycles. The van der Waals surface area contributed by atoms with Crippen molar-refractivity contribution in [1.82, 2.24) is 4.72 Å². The van der Waals surface area contributed by atoms with E-state index in [-0.39, 0.29) is 10.9 Å². The predicted octanol–water partition coefficient (Wildman–Crippen LogP) is 3.01. The van der Waals surface area contributed by atoms with Gasteiger partial charge in [0, 0.05) is 17.1 Å². The predicted molar refractivity (Wildman–Crippen MR) is 88.3 cm³/mol. The van der Waals surface area contributed by atoms with Crippen molar-refractivity contribution in [2.75, 3.05) is 0 Å². The number of hydrogen-bond acceptors (Lipinski definition) is 3. The van der Waals surface area contributed by atoms with Crippen molar-refractivity contribution in [3.05, 3.63) is 28.2 Å². The van der Waals surface area contributed by atoms with Crippen LogP contribution >= 0.6 is 15.9 Å². The van der Waals surface area contributed by atoms with E-state index in [0.717, 1.165) is 24.8 Å². The number of nitrogens with two attached hydrogens (primary N) is 1. The Bertz CT molecular complexity index is 604. The highest BCUT2D eigenvalue weighted by Gasteiger charge is 2.30. The first kappa shape index (κ1) is 16.9. The van der Waals surface area contributed by atoms with Gasteiger partial charge in [0.2, 0.25) is 10.0 Å². The van der Waals surface area contributed by atoms with Crippen LogP contribution in [0, 0.1) is 11.8 Å². The third kappa shape index (κ3) is 4.06. The molecule has 1 aliphatic carbocycles. The third-order valence-electron chi connectivity index (χ3n) is 4.26. The smallest absolute Gasteiger partial charge is 0.241 e. The Labute approximate surface area is 135 Å². The van der Waals surface area contributed by atoms with Gasteiger partial charge in [-0.25, -0.2) is 13.1 Å². The van der Waals surface area contributed by atoms with E-state index in [9.17, 15) is 8.42 Å². The summed E-state index contributed by atoms with van der Waals surface area (Å²) in [7, 11) is -3.50. The Balaban J connectivity index is 2.19. The lowest BCUT2D eigenvalue weighted by atomic mass is 9.80. The zero-order valence-electron chi connectivity index (χ0n) is 12.5. The van der Waals surface area contributed by atoms with Gasteiger partial charge in [-0.2, -0.15) is 0 Å². The molecule has 1 aromatic rings. The van der Waals surface area contributed by atoms with E-state index in [2.05, 4.69) is 34.5 Å². The zero-order valence-corrected chi connectivity index (χ0v) is 14.9. The van der Waals surface area contributed by atoms with Crippen molar-refractivity contribution < 1.29 is 8.42 Å². The van der Waals surface area contributed by atoms with Gasteiger partial charge in [0.15, 0.2) is 0 Å². The second-order valence-corrected chi connectivity index (χ2v) is 8.63. The minimum absolute atomic E-state index is 0.0206. The fourth-order valence-electron chi connectivity index (χ4n) is 2.99. The van der Waals surface area contributed by atoms with Gasteiger partial charge in [-0.1, -0.05) is 19.9 Å². The number of halogens is 1. The van der Waals surface area contributed by atoms with E-state index >= 15 is 0 Å². The molecule has 0 radical (unpaired) electrons. The molecule has 1 saturated carbocycles. The average Bonchev–Trinajstić information content (AvgIpc) is 2.41. The quantitative estimate of drug-likeness (QED) is 0.850. The van der Waals surface area contributed by atoms with Crippen LogP contribution in [0.15, 0.2) is 27.6 Å². The molecule has 1 aliphatic rings. The summed E-state index contributed by atoms with van der Waals surface area (Å²) in [6, 6.07) is 5.16. The van der Waals surface area contributed by atoms with E-state index in [1.807, 2.05) is 0 Å². The van der Waals surface area contributed by atoms with Crippen LogP contribution in [0.2, 0.25) is 0 Å². The van der Waals surface area contributed by atoms with E-state index in [1.54, 1.807) is 18.2 Å². The molecule has 4 nitrogen and oxygen atoms in total. The maximum Gasteiger partial charge on any atom is 0.241 e. The lowest BCUT2D eigenvalue weighted by Crippen LogP contribution is -2.42. The molecule has 118 valence electrons. The van der Waals surface area contributed by atoms with Crippen LogP contribution in [0.4, 0.5) is 0 Å². The maximum absolute atomic E-state index is 12.6. The molecule has 0 saturated heterocycles. The number of benzene rings is 1. The Hall–Kier alpha value is -0.430. The van der Waals surface area contributed by atoms with Crippen LogP contribution < -0.4 is 10.5 Å². The van der Waals surface area contributed by atoms with Crippen LogP contribution in [0.25, 0.3) is 0 Å². The highest BCUT2D eigenvalue weighted by Crippen LogP contribution is 2.30. The van der Waals surface area contributed by atoms with Crippen molar-refractivity contribution in [3.8, 4) is 0 Å². The molecule has 3 N–H and O–H groups in total. The zero-order chi connectivity index (χ0) is 15.6. The summed E-state index contributed by atoms with van der Waals surface area (Å²) in [5.41, 5.74) is 6.48. The number of nitrogens with one attached hydrogen (secondary N) is 1. The van der Waals surface area contributed by atoms with Crippen LogP contribution in [-0.2, 0) is 16.6 Å². The standard InChI is InChI=1S/C15H23BrN2O2S/c1-10-3-5-14(11(2)7-10)18-21(19,20)15-6-4-12(9-17)8-13(15)16/h4,6,8,10-11,14,18H,3,5,7,9,17H2,1-2H3. The van der Waals surface area contributed by atoms with E-state index in [1.165, 1.54) is 0 Å². The molecular formula is C15H23BrN2O2S. The first-order valence-electron chi connectivity index (χ1n) is 7.34. The molecule has 0 amide bonds. The largest absolute Gasteiger partial charge is 0.326 e. The average molecular weight is 375 g/mol. The molecule has 0 heterocycles. The summed E-state index contributed by atoms with van der Waals surface area (Å²) in [6.45, 7) is 4.74. The Morgan fingerprint density at radius 2 is 2.05 bits per heavy atom. The maximum atomic E-state index is 12.6. The minimum atomic E-state index is -3.50. The van der Waals surface area contributed by atoms with Gasteiger partial charge in [-0.15, -0.1) is 0 Å². The van der Waals surface area contributed by atoms with Gasteiger partial charge in [0.25, 0.3) is 0 Å². The van der Waals surface area contributed by atoms with Gasteiger partial charge >= 0.3 is 0 Å². The first-order valence-corrected chi connectivity index (χ1v) is 9.62. The molecular weight excluding hydrogens is 352 g/mol. The van der Waals surface area contributed by atoms with Crippen molar-refractivity contribution in [2.24, 2.45) is 17.6 Å². The molecule has 0 aliphatic heterocycles. The molecule has 1 aromatic carbocycles. The van der Waals surface area contributed by atoms with Crippen LogP contribution in [-0.4, -0.2) is 14.5 Å². The van der Waals surface area contributed by atoms with Crippen LogP contribution in [0.1, 0.15) is 38.7 Å². The van der Waals surface area contributed by atoms with Gasteiger partial charge in [0.1, 0.15) is 0 Å². The fraction of sp³-hybridized carbons (Fsp3) is 0.600. The molecule has 21 heavy (non-hydrogen) atoms. The molecule has 1 fully saturated rings. The van der Waals surface area contributed by atoms with E-state index in [0.29, 0.717) is 22.9 Å². The molecule has 0 spiro atoms. The van der Waals surface area contributed by atoms with Gasteiger partial charge in [0.05, 0.1) is 4.90 Å². The lowest BCUT2D eigenvalue weighted by Gasteiger charge is -2.33. The topological polar surface area (TPSA) is 72.2 Å². The molecule has 3 unspecified atom stereocenters. The van der Waals surface area contributed by atoms with Crippen molar-refractivity contribution >= 4 is 26.0 Å².